The number of nitrogens with zero attached hydrogens (tertiary/aromatic N) is 4. The maximum absolute atomic E-state index is 13.5. The normalized spacial score (nSPS) is 10.5. The summed E-state index contributed by atoms with van der Waals surface area (Å²) < 4.78 is 15.3. The fourth-order valence-electron chi connectivity index (χ4n) is 1.41. The van der Waals surface area contributed by atoms with Gasteiger partial charge in [-0.2, -0.15) is 0 Å². The van der Waals surface area contributed by atoms with Gasteiger partial charge in [-0.15, -0.1) is 0 Å². The van der Waals surface area contributed by atoms with Gasteiger partial charge in [0.15, 0.2) is 17.5 Å². The third-order valence-corrected chi connectivity index (χ3v) is 2.30. The summed E-state index contributed by atoms with van der Waals surface area (Å²) in [6.07, 6.45) is 3.29. The van der Waals surface area contributed by atoms with Gasteiger partial charge in [-0.1, -0.05) is 0 Å². The van der Waals surface area contributed by atoms with E-state index in [1.807, 2.05) is 7.05 Å². The van der Waals surface area contributed by atoms with E-state index in [1.165, 1.54) is 0 Å². The largest absolute Gasteiger partial charge is 0.371 e. The molecule has 0 aliphatic heterocycles. The quantitative estimate of drug-likeness (QED) is 0.832. The Hall–Kier alpha value is -1.98. The second-order valence-corrected chi connectivity index (χ2v) is 3.43. The number of imidazole rings is 1. The molecular formula is C10H12FN5. The molecule has 0 aliphatic carbocycles. The van der Waals surface area contributed by atoms with Gasteiger partial charge in [0.2, 0.25) is 0 Å². The number of aryl methyl sites for hydroxylation is 2. The van der Waals surface area contributed by atoms with Crippen molar-refractivity contribution in [2.45, 2.75) is 6.92 Å². The molecule has 0 radical (unpaired) electrons. The zero-order valence-corrected chi connectivity index (χ0v) is 9.32. The van der Waals surface area contributed by atoms with E-state index >= 15 is 0 Å². The number of halogens is 1. The molecule has 0 fully saturated rings. The van der Waals surface area contributed by atoms with Crippen LogP contribution in [-0.2, 0) is 7.05 Å². The van der Waals surface area contributed by atoms with Crippen LogP contribution >= 0.6 is 0 Å². The lowest BCUT2D eigenvalue weighted by molar-refractivity contribution is 0.606. The van der Waals surface area contributed by atoms with Crippen LogP contribution in [0.1, 0.15) is 5.69 Å². The van der Waals surface area contributed by atoms with Crippen LogP contribution in [-0.4, -0.2) is 26.6 Å². The minimum atomic E-state index is -0.423. The van der Waals surface area contributed by atoms with Crippen molar-refractivity contribution in [3.63, 3.8) is 0 Å². The summed E-state index contributed by atoms with van der Waals surface area (Å²) in [4.78, 5) is 12.2. The molecule has 2 aromatic heterocycles. The van der Waals surface area contributed by atoms with Gasteiger partial charge < -0.3 is 9.88 Å². The summed E-state index contributed by atoms with van der Waals surface area (Å²) in [6.45, 7) is 1.61. The van der Waals surface area contributed by atoms with Gasteiger partial charge in [0.25, 0.3) is 0 Å². The molecule has 2 aromatic rings. The summed E-state index contributed by atoms with van der Waals surface area (Å²) in [5.41, 5.74) is 1.06. The Labute approximate surface area is 92.4 Å². The summed E-state index contributed by atoms with van der Waals surface area (Å²) in [5.74, 6) is 0.236. The molecule has 0 amide bonds. The summed E-state index contributed by atoms with van der Waals surface area (Å²) >= 11 is 0. The summed E-state index contributed by atoms with van der Waals surface area (Å²) in [7, 11) is 3.46. The number of anilines is 1. The van der Waals surface area contributed by atoms with Crippen LogP contribution in [0.2, 0.25) is 0 Å². The van der Waals surface area contributed by atoms with E-state index in [-0.39, 0.29) is 5.82 Å². The van der Waals surface area contributed by atoms with E-state index < -0.39 is 5.82 Å². The number of hydrogen-bond donors (Lipinski definition) is 1. The molecule has 0 atom stereocenters. The molecule has 84 valence electrons. The van der Waals surface area contributed by atoms with Gasteiger partial charge in [0, 0.05) is 14.1 Å². The molecule has 1 N–H and O–H groups in total. The number of nitrogens with one attached hydrogen (secondary N) is 1. The van der Waals surface area contributed by atoms with Crippen molar-refractivity contribution in [1.82, 2.24) is 19.5 Å². The molecule has 16 heavy (non-hydrogen) atoms. The van der Waals surface area contributed by atoms with E-state index in [9.17, 15) is 4.39 Å². The first kappa shape index (κ1) is 10.5. The highest BCUT2D eigenvalue weighted by Gasteiger charge is 2.13. The fourth-order valence-corrected chi connectivity index (χ4v) is 1.41. The summed E-state index contributed by atoms with van der Waals surface area (Å²) in [5, 5.41) is 2.70. The van der Waals surface area contributed by atoms with Gasteiger partial charge in [-0.25, -0.2) is 19.3 Å². The molecule has 0 aliphatic rings. The molecule has 0 unspecified atom stereocenters. The van der Waals surface area contributed by atoms with Gasteiger partial charge in [-0.3, -0.25) is 0 Å². The van der Waals surface area contributed by atoms with Crippen molar-refractivity contribution in [2.75, 3.05) is 12.4 Å². The van der Waals surface area contributed by atoms with E-state index in [0.29, 0.717) is 11.5 Å². The molecule has 2 heterocycles. The molecule has 0 saturated carbocycles. The average Bonchev–Trinajstić information content (AvgIpc) is 2.68. The maximum Gasteiger partial charge on any atom is 0.186 e. The van der Waals surface area contributed by atoms with Crippen LogP contribution in [0.4, 0.5) is 10.2 Å². The highest BCUT2D eigenvalue weighted by Crippen LogP contribution is 2.19. The smallest absolute Gasteiger partial charge is 0.186 e. The number of aromatic nitrogens is 4. The Morgan fingerprint density at radius 3 is 2.69 bits per heavy atom. The number of hydrogen-bond acceptors (Lipinski definition) is 4. The Balaban J connectivity index is 2.59. The molecular weight excluding hydrogens is 209 g/mol. The minimum Gasteiger partial charge on any atom is -0.371 e. The third-order valence-electron chi connectivity index (χ3n) is 2.30. The average molecular weight is 221 g/mol. The van der Waals surface area contributed by atoms with E-state index in [2.05, 4.69) is 20.3 Å². The molecule has 5 nitrogen and oxygen atoms in total. The van der Waals surface area contributed by atoms with Crippen molar-refractivity contribution in [3.05, 3.63) is 24.0 Å². The van der Waals surface area contributed by atoms with Gasteiger partial charge in [-0.05, 0) is 6.92 Å². The van der Waals surface area contributed by atoms with E-state index in [4.69, 9.17) is 0 Å². The molecule has 0 bridgehead atoms. The highest BCUT2D eigenvalue weighted by atomic mass is 19.1. The molecule has 6 heteroatoms. The van der Waals surface area contributed by atoms with Crippen LogP contribution in [0.15, 0.2) is 12.5 Å². The predicted molar refractivity (Wildman–Crippen MR) is 58.5 cm³/mol. The third kappa shape index (κ3) is 1.62. The van der Waals surface area contributed by atoms with Gasteiger partial charge in [0.1, 0.15) is 5.69 Å². The fraction of sp³-hybridized carbons (Fsp3) is 0.300. The van der Waals surface area contributed by atoms with Crippen LogP contribution in [0.3, 0.4) is 0 Å². The Kier molecular flexibility index (Phi) is 2.55. The van der Waals surface area contributed by atoms with Crippen molar-refractivity contribution in [1.29, 1.82) is 0 Å². The second kappa shape index (κ2) is 3.88. The summed E-state index contributed by atoms with van der Waals surface area (Å²) in [6, 6.07) is 0. The van der Waals surface area contributed by atoms with Crippen molar-refractivity contribution >= 4 is 5.82 Å². The van der Waals surface area contributed by atoms with Crippen molar-refractivity contribution in [2.24, 2.45) is 7.05 Å². The predicted octanol–water partition coefficient (Wildman–Crippen LogP) is 1.37. The van der Waals surface area contributed by atoms with Crippen LogP contribution in [0.25, 0.3) is 11.5 Å². The molecule has 0 aromatic carbocycles. The minimum absolute atomic E-state index is 0.198. The first-order valence-corrected chi connectivity index (χ1v) is 4.82. The topological polar surface area (TPSA) is 55.6 Å². The molecule has 0 spiro atoms. The lowest BCUT2D eigenvalue weighted by Gasteiger charge is -2.07. The van der Waals surface area contributed by atoms with Crippen molar-refractivity contribution in [3.8, 4) is 11.5 Å². The second-order valence-electron chi connectivity index (χ2n) is 3.43. The Morgan fingerprint density at radius 1 is 1.38 bits per heavy atom. The van der Waals surface area contributed by atoms with Crippen LogP contribution in [0.5, 0.6) is 0 Å². The van der Waals surface area contributed by atoms with Crippen LogP contribution < -0.4 is 5.32 Å². The van der Waals surface area contributed by atoms with Crippen molar-refractivity contribution < 1.29 is 4.39 Å². The standard InChI is InChI=1S/C10H12FN5/c1-6-8(11)10(12-2)15-9(14-6)7-4-13-5-16(7)3/h4-5H,1-3H3,(H,12,14,15). The van der Waals surface area contributed by atoms with E-state index in [0.717, 1.165) is 5.69 Å². The monoisotopic (exact) mass is 221 g/mol. The first-order chi connectivity index (χ1) is 7.63. The van der Waals surface area contributed by atoms with Crippen LogP contribution in [0, 0.1) is 12.7 Å². The SMILES string of the molecule is CNc1nc(-c2cncn2C)nc(C)c1F. The molecule has 2 rings (SSSR count). The Bertz CT molecular complexity index is 520. The Morgan fingerprint density at radius 2 is 2.12 bits per heavy atom. The molecule has 0 saturated heterocycles. The van der Waals surface area contributed by atoms with Gasteiger partial charge >= 0.3 is 0 Å². The first-order valence-electron chi connectivity index (χ1n) is 4.82. The zero-order valence-electron chi connectivity index (χ0n) is 9.32. The maximum atomic E-state index is 13.5. The van der Waals surface area contributed by atoms with E-state index in [1.54, 1.807) is 31.1 Å². The number of rotatable bonds is 2. The lowest BCUT2D eigenvalue weighted by Crippen LogP contribution is -2.05. The highest BCUT2D eigenvalue weighted by molar-refractivity contribution is 5.53. The van der Waals surface area contributed by atoms with Gasteiger partial charge in [0.05, 0.1) is 18.2 Å². The lowest BCUT2D eigenvalue weighted by atomic mass is 10.3. The zero-order chi connectivity index (χ0) is 11.7.